The third-order valence-electron chi connectivity index (χ3n) is 4.02. The van der Waals surface area contributed by atoms with Crippen molar-refractivity contribution in [2.24, 2.45) is 5.41 Å². The molecule has 0 aromatic rings. The van der Waals surface area contributed by atoms with Crippen molar-refractivity contribution in [3.8, 4) is 0 Å². The molecule has 1 saturated heterocycles. The second-order valence-corrected chi connectivity index (χ2v) is 5.42. The van der Waals surface area contributed by atoms with Crippen LogP contribution in [0.25, 0.3) is 0 Å². The number of carbonyl (C=O) groups is 1. The van der Waals surface area contributed by atoms with Crippen LogP contribution in [0.3, 0.4) is 0 Å². The standard InChI is InChI=1S/C12H22N2O3.ClH/c1-12(2)9(6-10(12)16-3)14-11(15)8-7-17-5-4-13-8;/h8-10,13H,4-7H2,1-3H3,(H,14,15);1H. The Balaban J connectivity index is 0.00000162. The normalized spacial score (nSPS) is 34.1. The number of rotatable bonds is 3. The maximum atomic E-state index is 12.0. The minimum atomic E-state index is -0.207. The summed E-state index contributed by atoms with van der Waals surface area (Å²) in [4.78, 5) is 12.0. The monoisotopic (exact) mass is 278 g/mol. The number of halogens is 1. The van der Waals surface area contributed by atoms with Gasteiger partial charge in [0.2, 0.25) is 5.91 Å². The van der Waals surface area contributed by atoms with Gasteiger partial charge >= 0.3 is 0 Å². The molecule has 1 aliphatic carbocycles. The molecule has 106 valence electrons. The lowest BCUT2D eigenvalue weighted by molar-refractivity contribution is -0.136. The Hall–Kier alpha value is -0.360. The maximum absolute atomic E-state index is 12.0. The van der Waals surface area contributed by atoms with E-state index in [9.17, 15) is 4.79 Å². The van der Waals surface area contributed by atoms with Gasteiger partial charge in [-0.3, -0.25) is 4.79 Å². The second kappa shape index (κ2) is 6.19. The third kappa shape index (κ3) is 2.96. The number of hydrogen-bond acceptors (Lipinski definition) is 4. The van der Waals surface area contributed by atoms with Crippen LogP contribution in [-0.4, -0.2) is 51.0 Å². The fourth-order valence-electron chi connectivity index (χ4n) is 2.54. The van der Waals surface area contributed by atoms with Gasteiger partial charge < -0.3 is 20.1 Å². The summed E-state index contributed by atoms with van der Waals surface area (Å²) in [5.74, 6) is 0.0392. The fourth-order valence-corrected chi connectivity index (χ4v) is 2.54. The Kier molecular flexibility index (Phi) is 5.40. The van der Waals surface area contributed by atoms with E-state index in [2.05, 4.69) is 24.5 Å². The third-order valence-corrected chi connectivity index (χ3v) is 4.02. The highest BCUT2D eigenvalue weighted by molar-refractivity contribution is 5.85. The SMILES string of the molecule is COC1CC(NC(=O)C2COCCN2)C1(C)C.Cl. The molecule has 1 heterocycles. The molecule has 1 aliphatic heterocycles. The minimum Gasteiger partial charge on any atom is -0.381 e. The summed E-state index contributed by atoms with van der Waals surface area (Å²) in [6.07, 6.45) is 1.13. The van der Waals surface area contributed by atoms with Crippen molar-refractivity contribution >= 4 is 18.3 Å². The number of hydrogen-bond donors (Lipinski definition) is 2. The molecule has 0 aromatic carbocycles. The highest BCUT2D eigenvalue weighted by atomic mass is 35.5. The molecule has 3 unspecified atom stereocenters. The van der Waals surface area contributed by atoms with Gasteiger partial charge in [-0.1, -0.05) is 13.8 Å². The Morgan fingerprint density at radius 1 is 1.50 bits per heavy atom. The van der Waals surface area contributed by atoms with Crippen molar-refractivity contribution in [2.45, 2.75) is 38.5 Å². The van der Waals surface area contributed by atoms with E-state index in [-0.39, 0.29) is 41.9 Å². The number of morpholine rings is 1. The van der Waals surface area contributed by atoms with E-state index in [1.165, 1.54) is 0 Å². The molecular weight excluding hydrogens is 256 g/mol. The zero-order valence-corrected chi connectivity index (χ0v) is 12.0. The van der Waals surface area contributed by atoms with Gasteiger partial charge in [0.1, 0.15) is 6.04 Å². The van der Waals surface area contributed by atoms with E-state index in [1.807, 2.05) is 0 Å². The summed E-state index contributed by atoms with van der Waals surface area (Å²) in [7, 11) is 1.72. The van der Waals surface area contributed by atoms with Gasteiger partial charge in [-0.2, -0.15) is 0 Å². The molecule has 1 saturated carbocycles. The predicted molar refractivity (Wildman–Crippen MR) is 71.0 cm³/mol. The van der Waals surface area contributed by atoms with Gasteiger partial charge in [-0.25, -0.2) is 0 Å². The zero-order chi connectivity index (χ0) is 12.5. The maximum Gasteiger partial charge on any atom is 0.239 e. The van der Waals surface area contributed by atoms with E-state index < -0.39 is 0 Å². The number of ether oxygens (including phenoxy) is 2. The van der Waals surface area contributed by atoms with Crippen molar-refractivity contribution in [2.75, 3.05) is 26.9 Å². The first-order valence-electron chi connectivity index (χ1n) is 6.20. The molecule has 0 radical (unpaired) electrons. The largest absolute Gasteiger partial charge is 0.381 e. The summed E-state index contributed by atoms with van der Waals surface area (Å²) in [6.45, 7) is 6.14. The van der Waals surface area contributed by atoms with Crippen LogP contribution in [-0.2, 0) is 14.3 Å². The van der Waals surface area contributed by atoms with Gasteiger partial charge in [0.05, 0.1) is 19.3 Å². The Morgan fingerprint density at radius 3 is 2.72 bits per heavy atom. The van der Waals surface area contributed by atoms with Crippen LogP contribution in [0, 0.1) is 5.41 Å². The molecular formula is C12H23ClN2O3. The van der Waals surface area contributed by atoms with Crippen LogP contribution >= 0.6 is 12.4 Å². The van der Waals surface area contributed by atoms with E-state index in [1.54, 1.807) is 7.11 Å². The van der Waals surface area contributed by atoms with Crippen LogP contribution in [0.1, 0.15) is 20.3 Å². The first kappa shape index (κ1) is 15.7. The molecule has 2 rings (SSSR count). The lowest BCUT2D eigenvalue weighted by Gasteiger charge is -2.51. The lowest BCUT2D eigenvalue weighted by Crippen LogP contribution is -2.64. The van der Waals surface area contributed by atoms with Crippen LogP contribution in [0.5, 0.6) is 0 Å². The molecule has 1 amide bonds. The van der Waals surface area contributed by atoms with Crippen molar-refractivity contribution in [3.05, 3.63) is 0 Å². The summed E-state index contributed by atoms with van der Waals surface area (Å²) in [6, 6.07) is -0.00942. The van der Waals surface area contributed by atoms with Gasteiger partial charge in [0, 0.05) is 25.1 Å². The first-order chi connectivity index (χ1) is 8.05. The molecule has 2 N–H and O–H groups in total. The summed E-state index contributed by atoms with van der Waals surface area (Å²) in [5.41, 5.74) is 0.0138. The van der Waals surface area contributed by atoms with Crippen LogP contribution in [0.15, 0.2) is 0 Å². The highest BCUT2D eigenvalue weighted by Crippen LogP contribution is 2.42. The predicted octanol–water partition coefficient (Wildman–Crippen LogP) is 0.326. The molecule has 0 spiro atoms. The molecule has 2 aliphatic rings. The highest BCUT2D eigenvalue weighted by Gasteiger charge is 2.49. The summed E-state index contributed by atoms with van der Waals surface area (Å²) < 4.78 is 10.6. The molecule has 2 fully saturated rings. The van der Waals surface area contributed by atoms with E-state index in [0.29, 0.717) is 13.2 Å². The number of nitrogens with one attached hydrogen (secondary N) is 2. The molecule has 5 nitrogen and oxygen atoms in total. The molecule has 3 atom stereocenters. The molecule has 18 heavy (non-hydrogen) atoms. The first-order valence-corrected chi connectivity index (χ1v) is 6.20. The quantitative estimate of drug-likeness (QED) is 0.781. The van der Waals surface area contributed by atoms with Crippen LogP contribution < -0.4 is 10.6 Å². The zero-order valence-electron chi connectivity index (χ0n) is 11.2. The van der Waals surface area contributed by atoms with Gasteiger partial charge in [0.25, 0.3) is 0 Å². The molecule has 0 aromatic heterocycles. The van der Waals surface area contributed by atoms with E-state index in [4.69, 9.17) is 9.47 Å². The fraction of sp³-hybridized carbons (Fsp3) is 0.917. The van der Waals surface area contributed by atoms with Crippen LogP contribution in [0.2, 0.25) is 0 Å². The number of carbonyl (C=O) groups excluding carboxylic acids is 1. The Bertz CT molecular complexity index is 293. The second-order valence-electron chi connectivity index (χ2n) is 5.42. The summed E-state index contributed by atoms with van der Waals surface area (Å²) >= 11 is 0. The van der Waals surface area contributed by atoms with Crippen molar-refractivity contribution < 1.29 is 14.3 Å². The average Bonchev–Trinajstić information content (AvgIpc) is 2.34. The van der Waals surface area contributed by atoms with E-state index >= 15 is 0 Å². The van der Waals surface area contributed by atoms with Gasteiger partial charge in [-0.15, -0.1) is 12.4 Å². The molecule has 6 heteroatoms. The van der Waals surface area contributed by atoms with Crippen molar-refractivity contribution in [1.29, 1.82) is 0 Å². The smallest absolute Gasteiger partial charge is 0.239 e. The van der Waals surface area contributed by atoms with E-state index in [0.717, 1.165) is 13.0 Å². The average molecular weight is 279 g/mol. The summed E-state index contributed by atoms with van der Waals surface area (Å²) in [5, 5.41) is 6.24. The Morgan fingerprint density at radius 2 is 2.22 bits per heavy atom. The van der Waals surface area contributed by atoms with Crippen molar-refractivity contribution in [1.82, 2.24) is 10.6 Å². The van der Waals surface area contributed by atoms with Gasteiger partial charge in [0.15, 0.2) is 0 Å². The Labute approximate surface area is 114 Å². The number of amides is 1. The lowest BCUT2D eigenvalue weighted by atomic mass is 9.64. The molecule has 0 bridgehead atoms. The van der Waals surface area contributed by atoms with Crippen molar-refractivity contribution in [3.63, 3.8) is 0 Å². The van der Waals surface area contributed by atoms with Gasteiger partial charge in [-0.05, 0) is 6.42 Å². The number of methoxy groups -OCH3 is 1. The topological polar surface area (TPSA) is 59.6 Å². The minimum absolute atomic E-state index is 0. The van der Waals surface area contributed by atoms with Crippen LogP contribution in [0.4, 0.5) is 0 Å².